The Hall–Kier alpha value is -0.320. The highest BCUT2D eigenvalue weighted by Crippen LogP contribution is 2.26. The van der Waals surface area contributed by atoms with Crippen LogP contribution >= 0.6 is 12.4 Å². The van der Waals surface area contributed by atoms with Crippen molar-refractivity contribution in [3.8, 4) is 0 Å². The predicted molar refractivity (Wildman–Crippen MR) is 71.1 cm³/mol. The Bertz CT molecular complexity index is 209. The topological polar surface area (TPSA) is 75.4 Å². The number of nitrogens with two attached hydrogens (primary N) is 1. The molecule has 4 N–H and O–H groups in total. The molecule has 1 aliphatic carbocycles. The predicted octanol–water partition coefficient (Wildman–Crippen LogP) is 1.20. The number of nitrogens with one attached hydrogen (secondary N) is 1. The van der Waals surface area contributed by atoms with Crippen molar-refractivity contribution >= 4 is 18.3 Å². The van der Waals surface area contributed by atoms with Crippen LogP contribution in [0.2, 0.25) is 0 Å². The summed E-state index contributed by atoms with van der Waals surface area (Å²) >= 11 is 0. The van der Waals surface area contributed by atoms with Crippen LogP contribution in [-0.4, -0.2) is 30.2 Å². The van der Waals surface area contributed by atoms with E-state index < -0.39 is 0 Å². The molecule has 102 valence electrons. The van der Waals surface area contributed by atoms with Gasteiger partial charge in [-0.25, -0.2) is 0 Å². The van der Waals surface area contributed by atoms with E-state index in [1.54, 1.807) is 0 Å². The fraction of sp³-hybridized carbons (Fsp3) is 0.917. The molecule has 0 aliphatic heterocycles. The summed E-state index contributed by atoms with van der Waals surface area (Å²) in [4.78, 5) is 11.3. The van der Waals surface area contributed by atoms with E-state index in [9.17, 15) is 9.90 Å². The second-order valence-electron chi connectivity index (χ2n) is 4.66. The van der Waals surface area contributed by atoms with Crippen LogP contribution in [0.15, 0.2) is 0 Å². The molecule has 1 unspecified atom stereocenters. The third kappa shape index (κ3) is 6.86. The van der Waals surface area contributed by atoms with Crippen molar-refractivity contribution in [1.29, 1.82) is 0 Å². The van der Waals surface area contributed by atoms with Crippen LogP contribution in [0.25, 0.3) is 0 Å². The maximum absolute atomic E-state index is 11.3. The second kappa shape index (κ2) is 9.68. The molecule has 1 amide bonds. The highest BCUT2D eigenvalue weighted by molar-refractivity contribution is 5.85. The van der Waals surface area contributed by atoms with Crippen molar-refractivity contribution in [2.45, 2.75) is 51.0 Å². The van der Waals surface area contributed by atoms with Gasteiger partial charge in [0.05, 0.1) is 6.10 Å². The molecule has 0 heterocycles. The zero-order valence-electron chi connectivity index (χ0n) is 10.4. The Morgan fingerprint density at radius 2 is 2.00 bits per heavy atom. The number of hydrogen-bond donors (Lipinski definition) is 3. The summed E-state index contributed by atoms with van der Waals surface area (Å²) in [6, 6.07) is 0. The van der Waals surface area contributed by atoms with Gasteiger partial charge in [0, 0.05) is 13.0 Å². The van der Waals surface area contributed by atoms with E-state index in [1.807, 2.05) is 0 Å². The van der Waals surface area contributed by atoms with Crippen LogP contribution in [-0.2, 0) is 4.79 Å². The van der Waals surface area contributed by atoms with E-state index in [1.165, 1.54) is 19.3 Å². The molecule has 1 atom stereocenters. The second-order valence-corrected chi connectivity index (χ2v) is 4.66. The minimum atomic E-state index is -0.373. The average molecular weight is 265 g/mol. The lowest BCUT2D eigenvalue weighted by Crippen LogP contribution is -2.37. The lowest BCUT2D eigenvalue weighted by Gasteiger charge is -2.26. The average Bonchev–Trinajstić information content (AvgIpc) is 2.34. The van der Waals surface area contributed by atoms with Crippen molar-refractivity contribution in [3.05, 3.63) is 0 Å². The molecule has 5 heteroatoms. The first-order valence-corrected chi connectivity index (χ1v) is 6.39. The maximum atomic E-state index is 11.3. The van der Waals surface area contributed by atoms with Gasteiger partial charge in [0.25, 0.3) is 0 Å². The molecule has 1 saturated carbocycles. The normalized spacial score (nSPS) is 18.2. The minimum absolute atomic E-state index is 0. The summed E-state index contributed by atoms with van der Waals surface area (Å²) in [7, 11) is 0. The largest absolute Gasteiger partial charge is 0.391 e. The fourth-order valence-electron chi connectivity index (χ4n) is 2.26. The molecule has 17 heavy (non-hydrogen) atoms. The third-order valence-corrected chi connectivity index (χ3v) is 3.31. The smallest absolute Gasteiger partial charge is 0.220 e. The SMILES string of the molecule is Cl.NCCCC(=O)NCC(O)C1CCCCC1. The van der Waals surface area contributed by atoms with Gasteiger partial charge in [-0.15, -0.1) is 12.4 Å². The van der Waals surface area contributed by atoms with Gasteiger partial charge < -0.3 is 16.2 Å². The molecule has 0 spiro atoms. The van der Waals surface area contributed by atoms with Crippen molar-refractivity contribution in [2.75, 3.05) is 13.1 Å². The summed E-state index contributed by atoms with van der Waals surface area (Å²) in [5.74, 6) is 0.379. The number of amides is 1. The van der Waals surface area contributed by atoms with Crippen molar-refractivity contribution in [3.63, 3.8) is 0 Å². The molecule has 4 nitrogen and oxygen atoms in total. The van der Waals surface area contributed by atoms with Crippen molar-refractivity contribution in [2.24, 2.45) is 11.7 Å². The molecular formula is C12H25ClN2O2. The van der Waals surface area contributed by atoms with E-state index in [2.05, 4.69) is 5.32 Å². The molecule has 0 aromatic heterocycles. The van der Waals surface area contributed by atoms with Crippen LogP contribution in [0.3, 0.4) is 0 Å². The number of carbonyl (C=O) groups is 1. The Kier molecular flexibility index (Phi) is 9.50. The summed E-state index contributed by atoms with van der Waals surface area (Å²) < 4.78 is 0. The molecule has 1 rings (SSSR count). The minimum Gasteiger partial charge on any atom is -0.391 e. The Morgan fingerprint density at radius 1 is 1.35 bits per heavy atom. The van der Waals surface area contributed by atoms with E-state index in [-0.39, 0.29) is 24.4 Å². The number of aliphatic hydroxyl groups is 1. The molecule has 0 radical (unpaired) electrons. The highest BCUT2D eigenvalue weighted by atomic mass is 35.5. The number of aliphatic hydroxyl groups excluding tert-OH is 1. The Balaban J connectivity index is 0.00000256. The van der Waals surface area contributed by atoms with Gasteiger partial charge in [0.1, 0.15) is 0 Å². The molecule has 0 bridgehead atoms. The van der Waals surface area contributed by atoms with Crippen LogP contribution in [0, 0.1) is 5.92 Å². The van der Waals surface area contributed by atoms with Gasteiger partial charge in [-0.1, -0.05) is 19.3 Å². The third-order valence-electron chi connectivity index (χ3n) is 3.31. The highest BCUT2D eigenvalue weighted by Gasteiger charge is 2.21. The summed E-state index contributed by atoms with van der Waals surface area (Å²) in [6.07, 6.45) is 6.71. The van der Waals surface area contributed by atoms with Crippen molar-refractivity contribution < 1.29 is 9.90 Å². The van der Waals surface area contributed by atoms with Crippen LogP contribution < -0.4 is 11.1 Å². The molecule has 0 aromatic rings. The first-order chi connectivity index (χ1) is 7.74. The van der Waals surface area contributed by atoms with E-state index in [0.29, 0.717) is 31.8 Å². The lowest BCUT2D eigenvalue weighted by atomic mass is 9.85. The number of hydrogen-bond acceptors (Lipinski definition) is 3. The first-order valence-electron chi connectivity index (χ1n) is 6.39. The summed E-state index contributed by atoms with van der Waals surface area (Å²) in [5, 5.41) is 12.7. The fourth-order valence-corrected chi connectivity index (χ4v) is 2.26. The summed E-state index contributed by atoms with van der Waals surface area (Å²) in [6.45, 7) is 0.937. The number of halogens is 1. The van der Waals surface area contributed by atoms with E-state index in [4.69, 9.17) is 5.73 Å². The molecule has 1 aliphatic rings. The van der Waals surface area contributed by atoms with Crippen LogP contribution in [0.1, 0.15) is 44.9 Å². The first kappa shape index (κ1) is 16.7. The Morgan fingerprint density at radius 3 is 2.59 bits per heavy atom. The molecule has 0 aromatic carbocycles. The van der Waals surface area contributed by atoms with Crippen molar-refractivity contribution in [1.82, 2.24) is 5.32 Å². The van der Waals surface area contributed by atoms with Gasteiger partial charge in [-0.2, -0.15) is 0 Å². The van der Waals surface area contributed by atoms with Gasteiger partial charge in [0.15, 0.2) is 0 Å². The van der Waals surface area contributed by atoms with E-state index in [0.717, 1.165) is 12.8 Å². The van der Waals surface area contributed by atoms with Gasteiger partial charge >= 0.3 is 0 Å². The zero-order chi connectivity index (χ0) is 11.8. The number of rotatable bonds is 6. The van der Waals surface area contributed by atoms with Gasteiger partial charge in [-0.3, -0.25) is 4.79 Å². The molecule has 1 fully saturated rings. The summed E-state index contributed by atoms with van der Waals surface area (Å²) in [5.41, 5.74) is 5.32. The number of carbonyl (C=O) groups excluding carboxylic acids is 1. The van der Waals surface area contributed by atoms with Crippen LogP contribution in [0.5, 0.6) is 0 Å². The lowest BCUT2D eigenvalue weighted by molar-refractivity contribution is -0.121. The standard InChI is InChI=1S/C12H24N2O2.ClH/c13-8-4-7-12(16)14-9-11(15)10-5-2-1-3-6-10;/h10-11,15H,1-9,13H2,(H,14,16);1H. The Labute approximate surface area is 110 Å². The molecular weight excluding hydrogens is 240 g/mol. The van der Waals surface area contributed by atoms with Gasteiger partial charge in [0.2, 0.25) is 5.91 Å². The monoisotopic (exact) mass is 264 g/mol. The zero-order valence-corrected chi connectivity index (χ0v) is 11.2. The van der Waals surface area contributed by atoms with Gasteiger partial charge in [-0.05, 0) is 31.7 Å². The quantitative estimate of drug-likeness (QED) is 0.675. The van der Waals surface area contributed by atoms with E-state index >= 15 is 0 Å². The van der Waals surface area contributed by atoms with Crippen LogP contribution in [0.4, 0.5) is 0 Å². The maximum Gasteiger partial charge on any atom is 0.220 e. The molecule has 0 saturated heterocycles.